The summed E-state index contributed by atoms with van der Waals surface area (Å²) >= 11 is 0. The molecule has 112 valence electrons. The molecule has 1 aromatic carbocycles. The minimum atomic E-state index is -3.43. The number of aromatic nitrogens is 2. The summed E-state index contributed by atoms with van der Waals surface area (Å²) in [5.74, 6) is 0. The summed E-state index contributed by atoms with van der Waals surface area (Å²) in [4.78, 5) is 0.337. The molecule has 0 aliphatic carbocycles. The van der Waals surface area contributed by atoms with Gasteiger partial charge in [-0.05, 0) is 35.7 Å². The van der Waals surface area contributed by atoms with Crippen LogP contribution in [0.25, 0.3) is 0 Å². The predicted octanol–water partition coefficient (Wildman–Crippen LogP) is 0.855. The van der Waals surface area contributed by atoms with Crippen LogP contribution >= 0.6 is 0 Å². The Labute approximate surface area is 124 Å². The van der Waals surface area contributed by atoms with Gasteiger partial charge >= 0.3 is 0 Å². The van der Waals surface area contributed by atoms with E-state index in [0.717, 1.165) is 18.7 Å². The first-order valence-corrected chi connectivity index (χ1v) is 8.43. The van der Waals surface area contributed by atoms with Gasteiger partial charge in [0.2, 0.25) is 10.0 Å². The van der Waals surface area contributed by atoms with Crippen molar-refractivity contribution in [1.82, 2.24) is 19.8 Å². The number of hydrogen-bond donors (Lipinski definition) is 2. The summed E-state index contributed by atoms with van der Waals surface area (Å²) in [5.41, 5.74) is 2.24. The van der Waals surface area contributed by atoms with Crippen molar-refractivity contribution in [3.63, 3.8) is 0 Å². The van der Waals surface area contributed by atoms with Crippen LogP contribution in [0.1, 0.15) is 17.5 Å². The number of nitrogens with zero attached hydrogens (tertiary/aromatic N) is 2. The van der Waals surface area contributed by atoms with Crippen molar-refractivity contribution in [1.29, 1.82) is 0 Å². The van der Waals surface area contributed by atoms with Gasteiger partial charge in [0, 0.05) is 38.6 Å². The summed E-state index contributed by atoms with van der Waals surface area (Å²) in [5, 5.41) is 7.29. The van der Waals surface area contributed by atoms with Gasteiger partial charge in [-0.15, -0.1) is 0 Å². The molecule has 0 spiro atoms. The van der Waals surface area contributed by atoms with Crippen LogP contribution in [-0.4, -0.2) is 24.7 Å². The van der Waals surface area contributed by atoms with Crippen LogP contribution in [-0.2, 0) is 29.7 Å². The summed E-state index contributed by atoms with van der Waals surface area (Å²) in [6, 6.07) is 7.16. The van der Waals surface area contributed by atoms with Crippen molar-refractivity contribution >= 4 is 10.0 Å². The zero-order valence-corrected chi connectivity index (χ0v) is 12.4. The summed E-state index contributed by atoms with van der Waals surface area (Å²) in [7, 11) is -3.43. The van der Waals surface area contributed by atoms with Crippen molar-refractivity contribution in [3.05, 3.63) is 47.8 Å². The lowest BCUT2D eigenvalue weighted by Crippen LogP contribution is -2.25. The standard InChI is InChI=1S/C14H18N4O2S/c19-21(20,17-6-2-8-18-7-1-5-16-18)14-4-3-12-10-15-11-13(12)9-14/h1,3-5,7,9,15,17H,2,6,8,10-11H2. The Kier molecular flexibility index (Phi) is 4.05. The van der Waals surface area contributed by atoms with E-state index in [2.05, 4.69) is 15.1 Å². The molecule has 1 aliphatic rings. The number of rotatable bonds is 6. The van der Waals surface area contributed by atoms with E-state index in [1.54, 1.807) is 23.0 Å². The number of aryl methyl sites for hydroxylation is 1. The molecule has 0 unspecified atom stereocenters. The SMILES string of the molecule is O=S(=O)(NCCCn1cccn1)c1ccc2c(c1)CNC2. The Balaban J connectivity index is 1.59. The largest absolute Gasteiger partial charge is 0.309 e. The van der Waals surface area contributed by atoms with Gasteiger partial charge in [-0.2, -0.15) is 5.10 Å². The second kappa shape index (κ2) is 5.97. The molecule has 0 amide bonds. The third-order valence-corrected chi connectivity index (χ3v) is 4.99. The van der Waals surface area contributed by atoms with Crippen LogP contribution in [0.4, 0.5) is 0 Å². The summed E-state index contributed by atoms with van der Waals surface area (Å²) < 4.78 is 28.9. The Morgan fingerprint density at radius 1 is 1.29 bits per heavy atom. The topological polar surface area (TPSA) is 76.0 Å². The number of nitrogens with one attached hydrogen (secondary N) is 2. The molecule has 3 rings (SSSR count). The fraction of sp³-hybridized carbons (Fsp3) is 0.357. The zero-order chi connectivity index (χ0) is 14.7. The van der Waals surface area contributed by atoms with E-state index in [-0.39, 0.29) is 0 Å². The number of sulfonamides is 1. The van der Waals surface area contributed by atoms with Gasteiger partial charge in [-0.1, -0.05) is 6.07 Å². The summed E-state index contributed by atoms with van der Waals surface area (Å²) in [6.07, 6.45) is 4.28. The van der Waals surface area contributed by atoms with Crippen LogP contribution < -0.4 is 10.0 Å². The zero-order valence-electron chi connectivity index (χ0n) is 11.6. The molecule has 0 radical (unpaired) electrons. The van der Waals surface area contributed by atoms with Crippen LogP contribution in [0.5, 0.6) is 0 Å². The molecule has 7 heteroatoms. The highest BCUT2D eigenvalue weighted by molar-refractivity contribution is 7.89. The van der Waals surface area contributed by atoms with Gasteiger partial charge in [-0.25, -0.2) is 13.1 Å². The number of benzene rings is 1. The van der Waals surface area contributed by atoms with Crippen molar-refractivity contribution in [3.8, 4) is 0 Å². The van der Waals surface area contributed by atoms with E-state index in [1.165, 1.54) is 5.56 Å². The predicted molar refractivity (Wildman–Crippen MR) is 79.0 cm³/mol. The third kappa shape index (κ3) is 3.31. The molecule has 0 saturated carbocycles. The van der Waals surface area contributed by atoms with E-state index < -0.39 is 10.0 Å². The third-order valence-electron chi connectivity index (χ3n) is 3.53. The molecule has 6 nitrogen and oxygen atoms in total. The monoisotopic (exact) mass is 306 g/mol. The van der Waals surface area contributed by atoms with Crippen molar-refractivity contribution in [2.45, 2.75) is 31.0 Å². The molecule has 2 heterocycles. The molecule has 1 aromatic heterocycles. The van der Waals surface area contributed by atoms with Gasteiger partial charge in [-0.3, -0.25) is 4.68 Å². The Hall–Kier alpha value is -1.70. The average molecular weight is 306 g/mol. The van der Waals surface area contributed by atoms with Crippen LogP contribution in [0, 0.1) is 0 Å². The maximum absolute atomic E-state index is 12.2. The quantitative estimate of drug-likeness (QED) is 0.776. The minimum absolute atomic E-state index is 0.337. The van der Waals surface area contributed by atoms with Crippen molar-refractivity contribution in [2.24, 2.45) is 0 Å². The Bertz CT molecular complexity index is 711. The van der Waals surface area contributed by atoms with Crippen LogP contribution in [0.2, 0.25) is 0 Å². The second-order valence-corrected chi connectivity index (χ2v) is 6.82. The molecular weight excluding hydrogens is 288 g/mol. The fourth-order valence-corrected chi connectivity index (χ4v) is 3.53. The van der Waals surface area contributed by atoms with Gasteiger partial charge in [0.05, 0.1) is 4.90 Å². The molecular formula is C14H18N4O2S. The first-order valence-electron chi connectivity index (χ1n) is 6.95. The molecule has 0 bridgehead atoms. The molecule has 0 fully saturated rings. The van der Waals surface area contributed by atoms with Crippen molar-refractivity contribution < 1.29 is 8.42 Å². The first kappa shape index (κ1) is 14.2. The van der Waals surface area contributed by atoms with Gasteiger partial charge in [0.1, 0.15) is 0 Å². The van der Waals surface area contributed by atoms with Crippen molar-refractivity contribution in [2.75, 3.05) is 6.54 Å². The minimum Gasteiger partial charge on any atom is -0.309 e. The highest BCUT2D eigenvalue weighted by atomic mass is 32.2. The average Bonchev–Trinajstić information content (AvgIpc) is 3.13. The fourth-order valence-electron chi connectivity index (χ4n) is 2.40. The smallest absolute Gasteiger partial charge is 0.240 e. The number of hydrogen-bond acceptors (Lipinski definition) is 4. The highest BCUT2D eigenvalue weighted by Crippen LogP contribution is 2.19. The lowest BCUT2D eigenvalue weighted by atomic mass is 10.1. The van der Waals surface area contributed by atoms with Crippen LogP contribution in [0.3, 0.4) is 0 Å². The van der Waals surface area contributed by atoms with E-state index >= 15 is 0 Å². The van der Waals surface area contributed by atoms with E-state index in [9.17, 15) is 8.42 Å². The van der Waals surface area contributed by atoms with Gasteiger partial charge in [0.25, 0.3) is 0 Å². The Morgan fingerprint density at radius 2 is 2.14 bits per heavy atom. The lowest BCUT2D eigenvalue weighted by molar-refractivity contribution is 0.553. The van der Waals surface area contributed by atoms with Crippen LogP contribution in [0.15, 0.2) is 41.6 Å². The summed E-state index contributed by atoms with van der Waals surface area (Å²) in [6.45, 7) is 2.64. The number of fused-ring (bicyclic) bond motifs is 1. The molecule has 0 saturated heterocycles. The molecule has 0 atom stereocenters. The molecule has 2 aromatic rings. The normalized spacial score (nSPS) is 14.3. The van der Waals surface area contributed by atoms with Gasteiger partial charge < -0.3 is 5.32 Å². The molecule has 21 heavy (non-hydrogen) atoms. The highest BCUT2D eigenvalue weighted by Gasteiger charge is 2.17. The molecule has 2 N–H and O–H groups in total. The maximum atomic E-state index is 12.2. The molecule has 1 aliphatic heterocycles. The Morgan fingerprint density at radius 3 is 2.95 bits per heavy atom. The van der Waals surface area contributed by atoms with E-state index in [0.29, 0.717) is 24.4 Å². The van der Waals surface area contributed by atoms with E-state index in [4.69, 9.17) is 0 Å². The maximum Gasteiger partial charge on any atom is 0.240 e. The first-order chi connectivity index (χ1) is 10.1. The van der Waals surface area contributed by atoms with E-state index in [1.807, 2.05) is 18.3 Å². The van der Waals surface area contributed by atoms with Gasteiger partial charge in [0.15, 0.2) is 0 Å². The second-order valence-electron chi connectivity index (χ2n) is 5.05. The lowest BCUT2D eigenvalue weighted by Gasteiger charge is -2.08.